The highest BCUT2D eigenvalue weighted by atomic mass is 19.4. The summed E-state index contributed by atoms with van der Waals surface area (Å²) < 4.78 is 38.1. The van der Waals surface area contributed by atoms with E-state index in [1.165, 1.54) is 12.1 Å². The van der Waals surface area contributed by atoms with Gasteiger partial charge in [-0.2, -0.15) is 13.2 Å². The molecule has 0 bridgehead atoms. The second-order valence-corrected chi connectivity index (χ2v) is 8.01. The van der Waals surface area contributed by atoms with Crippen molar-refractivity contribution in [2.24, 2.45) is 5.92 Å². The van der Waals surface area contributed by atoms with Crippen molar-refractivity contribution >= 4 is 11.8 Å². The summed E-state index contributed by atoms with van der Waals surface area (Å²) in [7, 11) is 0. The minimum atomic E-state index is -4.35. The van der Waals surface area contributed by atoms with E-state index in [0.29, 0.717) is 37.9 Å². The molecule has 2 aliphatic rings. The van der Waals surface area contributed by atoms with Gasteiger partial charge >= 0.3 is 6.18 Å². The minimum Gasteiger partial charge on any atom is -0.353 e. The predicted molar refractivity (Wildman–Crippen MR) is 106 cm³/mol. The molecule has 0 radical (unpaired) electrons. The highest BCUT2D eigenvalue weighted by molar-refractivity contribution is 5.94. The van der Waals surface area contributed by atoms with Crippen LogP contribution in [0.1, 0.15) is 46.7 Å². The van der Waals surface area contributed by atoms with Crippen molar-refractivity contribution in [1.82, 2.24) is 10.2 Å². The lowest BCUT2D eigenvalue weighted by molar-refractivity contribution is -0.137. The molecule has 2 atom stereocenters. The predicted octanol–water partition coefficient (Wildman–Crippen LogP) is 4.23. The summed E-state index contributed by atoms with van der Waals surface area (Å²) in [6, 6.07) is 14.2. The Labute approximate surface area is 173 Å². The van der Waals surface area contributed by atoms with Gasteiger partial charge in [-0.05, 0) is 55.0 Å². The fraction of sp³-hybridized carbons (Fsp3) is 0.391. The Morgan fingerprint density at radius 2 is 1.57 bits per heavy atom. The van der Waals surface area contributed by atoms with Gasteiger partial charge in [0.1, 0.15) is 0 Å². The SMILES string of the molecule is O=C(NC1CCN(C(=O)c2ccccc2)CC1)C1CC1c1ccc(C(F)(F)F)cc1. The minimum absolute atomic E-state index is 0.00457. The number of rotatable bonds is 4. The van der Waals surface area contributed by atoms with E-state index in [0.717, 1.165) is 17.7 Å². The van der Waals surface area contributed by atoms with Crippen molar-refractivity contribution in [3.05, 3.63) is 71.3 Å². The normalized spacial score (nSPS) is 21.9. The summed E-state index contributed by atoms with van der Waals surface area (Å²) in [5.74, 6) is -0.254. The van der Waals surface area contributed by atoms with Crippen LogP contribution in [-0.4, -0.2) is 35.8 Å². The van der Waals surface area contributed by atoms with Crippen LogP contribution >= 0.6 is 0 Å². The summed E-state index contributed by atoms with van der Waals surface area (Å²) in [5, 5.41) is 3.06. The zero-order chi connectivity index (χ0) is 21.3. The number of carbonyl (C=O) groups excluding carboxylic acids is 2. The lowest BCUT2D eigenvalue weighted by Gasteiger charge is -2.32. The van der Waals surface area contributed by atoms with Crippen molar-refractivity contribution in [3.63, 3.8) is 0 Å². The van der Waals surface area contributed by atoms with E-state index in [4.69, 9.17) is 0 Å². The van der Waals surface area contributed by atoms with E-state index < -0.39 is 11.7 Å². The summed E-state index contributed by atoms with van der Waals surface area (Å²) in [4.78, 5) is 26.9. The summed E-state index contributed by atoms with van der Waals surface area (Å²) in [6.45, 7) is 1.18. The van der Waals surface area contributed by atoms with Crippen molar-refractivity contribution < 1.29 is 22.8 Å². The van der Waals surface area contributed by atoms with Gasteiger partial charge in [-0.3, -0.25) is 9.59 Å². The van der Waals surface area contributed by atoms with Crippen LogP contribution in [-0.2, 0) is 11.0 Å². The molecular formula is C23H23F3N2O2. The first-order chi connectivity index (χ1) is 14.3. The number of benzene rings is 2. The molecule has 0 spiro atoms. The van der Waals surface area contributed by atoms with Crippen LogP contribution in [0, 0.1) is 5.92 Å². The van der Waals surface area contributed by atoms with E-state index in [9.17, 15) is 22.8 Å². The monoisotopic (exact) mass is 416 g/mol. The van der Waals surface area contributed by atoms with Gasteiger partial charge in [-0.25, -0.2) is 0 Å². The lowest BCUT2D eigenvalue weighted by atomic mass is 10.0. The van der Waals surface area contributed by atoms with Gasteiger partial charge in [0.25, 0.3) is 5.91 Å². The molecule has 7 heteroatoms. The van der Waals surface area contributed by atoms with Crippen LogP contribution in [0.15, 0.2) is 54.6 Å². The van der Waals surface area contributed by atoms with E-state index in [1.54, 1.807) is 17.0 Å². The van der Waals surface area contributed by atoms with Gasteiger partial charge < -0.3 is 10.2 Å². The highest BCUT2D eigenvalue weighted by Gasteiger charge is 2.44. The molecule has 1 aliphatic carbocycles. The zero-order valence-corrected chi connectivity index (χ0v) is 16.4. The van der Waals surface area contributed by atoms with E-state index in [-0.39, 0.29) is 29.7 Å². The van der Waals surface area contributed by atoms with Crippen molar-refractivity contribution in [1.29, 1.82) is 0 Å². The Morgan fingerprint density at radius 3 is 2.17 bits per heavy atom. The molecule has 4 rings (SSSR count). The van der Waals surface area contributed by atoms with Crippen LogP contribution in [0.3, 0.4) is 0 Å². The molecule has 30 heavy (non-hydrogen) atoms. The maximum Gasteiger partial charge on any atom is 0.416 e. The number of piperidine rings is 1. The number of nitrogens with zero attached hydrogens (tertiary/aromatic N) is 1. The first-order valence-electron chi connectivity index (χ1n) is 10.1. The Morgan fingerprint density at radius 1 is 0.933 bits per heavy atom. The molecule has 2 unspecified atom stereocenters. The van der Waals surface area contributed by atoms with Crippen LogP contribution in [0.4, 0.5) is 13.2 Å². The van der Waals surface area contributed by atoms with Crippen molar-refractivity contribution in [2.75, 3.05) is 13.1 Å². The average Bonchev–Trinajstić information content (AvgIpc) is 3.55. The summed E-state index contributed by atoms with van der Waals surface area (Å²) in [6.07, 6.45) is -2.30. The molecule has 1 heterocycles. The van der Waals surface area contributed by atoms with Gasteiger partial charge in [-0.15, -0.1) is 0 Å². The van der Waals surface area contributed by atoms with E-state index >= 15 is 0 Å². The molecule has 2 aromatic carbocycles. The van der Waals surface area contributed by atoms with Gasteiger partial charge in [0.05, 0.1) is 5.56 Å². The van der Waals surface area contributed by atoms with Crippen LogP contribution in [0.5, 0.6) is 0 Å². The Balaban J connectivity index is 1.25. The second-order valence-electron chi connectivity index (χ2n) is 8.01. The van der Waals surface area contributed by atoms with Gasteiger partial charge in [0, 0.05) is 30.6 Å². The molecule has 1 saturated heterocycles. The fourth-order valence-corrected chi connectivity index (χ4v) is 4.07. The number of hydrogen-bond donors (Lipinski definition) is 1. The molecule has 2 amide bonds. The molecule has 0 aromatic heterocycles. The van der Waals surface area contributed by atoms with E-state index in [1.807, 2.05) is 18.2 Å². The molecule has 158 valence electrons. The molecule has 4 nitrogen and oxygen atoms in total. The third-order valence-electron chi connectivity index (χ3n) is 5.94. The zero-order valence-electron chi connectivity index (χ0n) is 16.4. The number of halogens is 3. The highest BCUT2D eigenvalue weighted by Crippen LogP contribution is 2.48. The Hall–Kier alpha value is -2.83. The summed E-state index contributed by atoms with van der Waals surface area (Å²) in [5.41, 5.74) is 0.758. The molecule has 1 N–H and O–H groups in total. The molecule has 2 aromatic rings. The van der Waals surface area contributed by atoms with Crippen molar-refractivity contribution in [3.8, 4) is 0 Å². The first-order valence-corrected chi connectivity index (χ1v) is 10.1. The second kappa shape index (κ2) is 8.13. The standard InChI is InChI=1S/C23H23F3N2O2/c24-23(25,26)17-8-6-15(7-9-17)19-14-20(19)21(29)27-18-10-12-28(13-11-18)22(30)16-4-2-1-3-5-16/h1-9,18-20H,10-14H2,(H,27,29). The lowest BCUT2D eigenvalue weighted by Crippen LogP contribution is -2.47. The number of amides is 2. The number of hydrogen-bond acceptors (Lipinski definition) is 2. The molecule has 1 saturated carbocycles. The van der Waals surface area contributed by atoms with E-state index in [2.05, 4.69) is 5.32 Å². The Bertz CT molecular complexity index is 904. The van der Waals surface area contributed by atoms with Crippen LogP contribution in [0.25, 0.3) is 0 Å². The number of nitrogens with one attached hydrogen (secondary N) is 1. The maximum atomic E-state index is 12.7. The summed E-state index contributed by atoms with van der Waals surface area (Å²) >= 11 is 0. The topological polar surface area (TPSA) is 49.4 Å². The third-order valence-corrected chi connectivity index (χ3v) is 5.94. The maximum absolute atomic E-state index is 12.7. The Kier molecular flexibility index (Phi) is 5.54. The van der Waals surface area contributed by atoms with Crippen LogP contribution < -0.4 is 5.32 Å². The number of alkyl halides is 3. The van der Waals surface area contributed by atoms with Gasteiger partial charge in [0.15, 0.2) is 0 Å². The largest absolute Gasteiger partial charge is 0.416 e. The third kappa shape index (κ3) is 4.50. The molecular weight excluding hydrogens is 393 g/mol. The number of carbonyl (C=O) groups is 2. The quantitative estimate of drug-likeness (QED) is 0.811. The first kappa shape index (κ1) is 20.4. The fourth-order valence-electron chi connectivity index (χ4n) is 4.07. The van der Waals surface area contributed by atoms with Crippen LogP contribution in [0.2, 0.25) is 0 Å². The number of likely N-dealkylation sites (tertiary alicyclic amines) is 1. The molecule has 1 aliphatic heterocycles. The molecule has 2 fully saturated rings. The van der Waals surface area contributed by atoms with Crippen molar-refractivity contribution in [2.45, 2.75) is 37.4 Å². The average molecular weight is 416 g/mol. The van der Waals surface area contributed by atoms with Gasteiger partial charge in [0.2, 0.25) is 5.91 Å². The smallest absolute Gasteiger partial charge is 0.353 e. The van der Waals surface area contributed by atoms with Gasteiger partial charge in [-0.1, -0.05) is 30.3 Å².